The molecule has 5 rings (SSSR count). The van der Waals surface area contributed by atoms with E-state index in [-0.39, 0.29) is 17.6 Å². The number of aliphatic hydroxyl groups is 1. The zero-order chi connectivity index (χ0) is 28.6. The van der Waals surface area contributed by atoms with Crippen LogP contribution in [0.2, 0.25) is 0 Å². The molecule has 6 nitrogen and oxygen atoms in total. The SMILES string of the molecule is O=C(Nc1ccc(Oc2ccc(F)cc2)cc1)C1CC(CCCc2ccccc2)CN1C(=O)C(O)c1ccccc1. The van der Waals surface area contributed by atoms with Crippen LogP contribution in [0.5, 0.6) is 11.5 Å². The number of benzene rings is 4. The van der Waals surface area contributed by atoms with Gasteiger partial charge in [-0.15, -0.1) is 0 Å². The highest BCUT2D eigenvalue weighted by Gasteiger charge is 2.41. The van der Waals surface area contributed by atoms with E-state index in [0.29, 0.717) is 35.7 Å². The minimum atomic E-state index is -1.34. The fraction of sp³-hybridized carbons (Fsp3) is 0.235. The Morgan fingerprint density at radius 3 is 2.15 bits per heavy atom. The summed E-state index contributed by atoms with van der Waals surface area (Å²) in [6.07, 6.45) is 1.94. The lowest BCUT2D eigenvalue weighted by molar-refractivity contribution is -0.144. The molecule has 4 aromatic carbocycles. The summed E-state index contributed by atoms with van der Waals surface area (Å²) in [6, 6.07) is 30.9. The predicted octanol–water partition coefficient (Wildman–Crippen LogP) is 6.53. The molecule has 0 radical (unpaired) electrons. The number of halogens is 1. The Morgan fingerprint density at radius 2 is 1.49 bits per heavy atom. The van der Waals surface area contributed by atoms with Crippen LogP contribution in [-0.2, 0) is 16.0 Å². The van der Waals surface area contributed by atoms with Gasteiger partial charge in [-0.25, -0.2) is 4.39 Å². The number of hydrogen-bond donors (Lipinski definition) is 2. The maximum absolute atomic E-state index is 13.5. The molecule has 1 aliphatic heterocycles. The Balaban J connectivity index is 1.25. The molecule has 2 N–H and O–H groups in total. The summed E-state index contributed by atoms with van der Waals surface area (Å²) < 4.78 is 18.9. The van der Waals surface area contributed by atoms with Crippen molar-refractivity contribution in [3.05, 3.63) is 126 Å². The number of carbonyl (C=O) groups excluding carboxylic acids is 2. The third kappa shape index (κ3) is 7.38. The van der Waals surface area contributed by atoms with Crippen molar-refractivity contribution in [2.45, 2.75) is 37.8 Å². The maximum Gasteiger partial charge on any atom is 0.256 e. The summed E-state index contributed by atoms with van der Waals surface area (Å²) in [6.45, 7) is 0.417. The van der Waals surface area contributed by atoms with E-state index >= 15 is 0 Å². The van der Waals surface area contributed by atoms with Crippen LogP contribution in [0.1, 0.15) is 36.5 Å². The van der Waals surface area contributed by atoms with Crippen molar-refractivity contribution in [2.24, 2.45) is 5.92 Å². The lowest BCUT2D eigenvalue weighted by Crippen LogP contribution is -2.45. The first-order chi connectivity index (χ1) is 20.0. The molecular formula is C34H33FN2O4. The number of rotatable bonds is 10. The van der Waals surface area contributed by atoms with Crippen LogP contribution in [0, 0.1) is 11.7 Å². The Morgan fingerprint density at radius 1 is 0.878 bits per heavy atom. The predicted molar refractivity (Wildman–Crippen MR) is 156 cm³/mol. The Kier molecular flexibility index (Phi) is 9.06. The van der Waals surface area contributed by atoms with E-state index in [2.05, 4.69) is 17.4 Å². The number of likely N-dealkylation sites (tertiary alicyclic amines) is 1. The van der Waals surface area contributed by atoms with Crippen molar-refractivity contribution in [3.8, 4) is 11.5 Å². The van der Waals surface area contributed by atoms with Crippen LogP contribution >= 0.6 is 0 Å². The van der Waals surface area contributed by atoms with Crippen LogP contribution in [0.25, 0.3) is 0 Å². The number of anilines is 1. The monoisotopic (exact) mass is 552 g/mol. The smallest absolute Gasteiger partial charge is 0.256 e. The van der Waals surface area contributed by atoms with Crippen LogP contribution in [0.15, 0.2) is 109 Å². The molecule has 3 unspecified atom stereocenters. The second-order valence-electron chi connectivity index (χ2n) is 10.4. The van der Waals surface area contributed by atoms with Gasteiger partial charge in [-0.2, -0.15) is 0 Å². The fourth-order valence-electron chi connectivity index (χ4n) is 5.27. The number of nitrogens with zero attached hydrogens (tertiary/aromatic N) is 1. The molecule has 210 valence electrons. The number of amides is 2. The molecule has 2 amide bonds. The van der Waals surface area contributed by atoms with Gasteiger partial charge < -0.3 is 20.1 Å². The van der Waals surface area contributed by atoms with E-state index in [9.17, 15) is 19.1 Å². The molecule has 1 aliphatic rings. The molecule has 0 saturated carbocycles. The number of aliphatic hydroxyl groups excluding tert-OH is 1. The van der Waals surface area contributed by atoms with E-state index in [1.54, 1.807) is 48.5 Å². The lowest BCUT2D eigenvalue weighted by Gasteiger charge is -2.26. The third-order valence-corrected chi connectivity index (χ3v) is 7.41. The first-order valence-electron chi connectivity index (χ1n) is 13.9. The van der Waals surface area contributed by atoms with Crippen LogP contribution < -0.4 is 10.1 Å². The van der Waals surface area contributed by atoms with Crippen molar-refractivity contribution in [1.82, 2.24) is 4.90 Å². The summed E-state index contributed by atoms with van der Waals surface area (Å²) in [4.78, 5) is 28.5. The zero-order valence-corrected chi connectivity index (χ0v) is 22.7. The quantitative estimate of drug-likeness (QED) is 0.235. The lowest BCUT2D eigenvalue weighted by atomic mass is 9.97. The first-order valence-corrected chi connectivity index (χ1v) is 13.9. The van der Waals surface area contributed by atoms with Gasteiger partial charge in [0.05, 0.1) is 0 Å². The van der Waals surface area contributed by atoms with Gasteiger partial charge in [0, 0.05) is 12.2 Å². The van der Waals surface area contributed by atoms with E-state index in [4.69, 9.17) is 4.74 Å². The molecule has 0 aromatic heterocycles. The molecule has 1 saturated heterocycles. The van der Waals surface area contributed by atoms with E-state index in [1.807, 2.05) is 24.3 Å². The molecule has 4 aromatic rings. The number of hydrogen-bond acceptors (Lipinski definition) is 4. The van der Waals surface area contributed by atoms with Crippen LogP contribution in [-0.4, -0.2) is 34.4 Å². The molecule has 7 heteroatoms. The van der Waals surface area contributed by atoms with Gasteiger partial charge in [-0.3, -0.25) is 9.59 Å². The fourth-order valence-corrected chi connectivity index (χ4v) is 5.27. The average Bonchev–Trinajstić information content (AvgIpc) is 3.44. The van der Waals surface area contributed by atoms with Crippen molar-refractivity contribution >= 4 is 17.5 Å². The zero-order valence-electron chi connectivity index (χ0n) is 22.7. The number of aryl methyl sites for hydroxylation is 1. The molecule has 1 fully saturated rings. The summed E-state index contributed by atoms with van der Waals surface area (Å²) in [5.74, 6) is 0.0779. The van der Waals surface area contributed by atoms with Gasteiger partial charge in [0.15, 0.2) is 6.10 Å². The summed E-state index contributed by atoms with van der Waals surface area (Å²) in [5, 5.41) is 13.8. The van der Waals surface area contributed by atoms with Gasteiger partial charge in [0.2, 0.25) is 5.91 Å². The minimum Gasteiger partial charge on any atom is -0.457 e. The van der Waals surface area contributed by atoms with Crippen LogP contribution in [0.3, 0.4) is 0 Å². The Labute approximate surface area is 239 Å². The first kappa shape index (κ1) is 28.1. The van der Waals surface area contributed by atoms with Crippen molar-refractivity contribution in [1.29, 1.82) is 0 Å². The van der Waals surface area contributed by atoms with Crippen molar-refractivity contribution in [3.63, 3.8) is 0 Å². The summed E-state index contributed by atoms with van der Waals surface area (Å²) in [7, 11) is 0. The normalized spacial score (nSPS) is 17.2. The van der Waals surface area contributed by atoms with Gasteiger partial charge in [0.25, 0.3) is 5.91 Å². The minimum absolute atomic E-state index is 0.146. The summed E-state index contributed by atoms with van der Waals surface area (Å²) >= 11 is 0. The highest BCUT2D eigenvalue weighted by Crippen LogP contribution is 2.31. The second-order valence-corrected chi connectivity index (χ2v) is 10.4. The number of ether oxygens (including phenoxy) is 1. The van der Waals surface area contributed by atoms with E-state index in [1.165, 1.54) is 34.7 Å². The maximum atomic E-state index is 13.5. The number of nitrogens with one attached hydrogen (secondary N) is 1. The number of carbonyl (C=O) groups is 2. The van der Waals surface area contributed by atoms with E-state index < -0.39 is 18.1 Å². The molecule has 0 spiro atoms. The van der Waals surface area contributed by atoms with Gasteiger partial charge in [0.1, 0.15) is 23.4 Å². The standard InChI is InChI=1S/C34H33FN2O4/c35-27-14-18-29(19-15-27)41-30-20-16-28(17-21-30)36-33(39)31-22-25(11-7-10-24-8-3-1-4-9-24)23-37(31)34(40)32(38)26-12-5-2-6-13-26/h1-6,8-9,12-21,25,31-32,38H,7,10-11,22-23H2,(H,36,39). The largest absolute Gasteiger partial charge is 0.457 e. The second kappa shape index (κ2) is 13.2. The van der Waals surface area contributed by atoms with Crippen LogP contribution in [0.4, 0.5) is 10.1 Å². The Hall–Kier alpha value is -4.49. The topological polar surface area (TPSA) is 78.9 Å². The van der Waals surface area contributed by atoms with Gasteiger partial charge in [-0.1, -0.05) is 60.7 Å². The van der Waals surface area contributed by atoms with Gasteiger partial charge in [-0.05, 0) is 91.3 Å². The van der Waals surface area contributed by atoms with E-state index in [0.717, 1.165) is 19.3 Å². The summed E-state index contributed by atoms with van der Waals surface area (Å²) in [5.41, 5.74) is 2.32. The van der Waals surface area contributed by atoms with Gasteiger partial charge >= 0.3 is 0 Å². The van der Waals surface area contributed by atoms with Crippen molar-refractivity contribution < 1.29 is 23.8 Å². The average molecular weight is 553 g/mol. The third-order valence-electron chi connectivity index (χ3n) is 7.41. The Bertz CT molecular complexity index is 1430. The van der Waals surface area contributed by atoms with Crippen molar-refractivity contribution in [2.75, 3.05) is 11.9 Å². The highest BCUT2D eigenvalue weighted by molar-refractivity contribution is 5.98. The molecule has 0 aliphatic carbocycles. The molecule has 0 bridgehead atoms. The molecule has 3 atom stereocenters. The molecule has 1 heterocycles. The molecule has 41 heavy (non-hydrogen) atoms. The molecular weight excluding hydrogens is 519 g/mol. The highest BCUT2D eigenvalue weighted by atomic mass is 19.1.